The first-order chi connectivity index (χ1) is 8.27. The van der Waals surface area contributed by atoms with Crippen molar-refractivity contribution in [1.82, 2.24) is 4.90 Å². The van der Waals surface area contributed by atoms with Crippen LogP contribution in [0.2, 0.25) is 0 Å². The number of hydrogen-bond acceptors (Lipinski definition) is 3. The van der Waals surface area contributed by atoms with Gasteiger partial charge in [-0.05, 0) is 32.4 Å². The molecule has 0 bridgehead atoms. The lowest BCUT2D eigenvalue weighted by Crippen LogP contribution is -2.47. The van der Waals surface area contributed by atoms with Gasteiger partial charge in [0.1, 0.15) is 18.5 Å². The normalized spacial score (nSPS) is 33.2. The smallest absolute Gasteiger partial charge is 0.125 e. The molecule has 1 aromatic rings. The molecule has 1 aromatic carbocycles. The molecular weight excluding hydrogens is 214 g/mol. The van der Waals surface area contributed by atoms with Crippen molar-refractivity contribution in [2.45, 2.75) is 38.0 Å². The van der Waals surface area contributed by atoms with Crippen molar-refractivity contribution >= 4 is 0 Å². The van der Waals surface area contributed by atoms with Crippen molar-refractivity contribution in [3.05, 3.63) is 29.8 Å². The number of aliphatic hydroxyl groups excluding tert-OH is 1. The number of hydrogen-bond donors (Lipinski definition) is 1. The lowest BCUT2D eigenvalue weighted by atomic mass is 9.97. The molecule has 92 valence electrons. The largest absolute Gasteiger partial charge is 0.491 e. The second-order valence-electron chi connectivity index (χ2n) is 5.09. The Morgan fingerprint density at radius 2 is 2.18 bits per heavy atom. The van der Waals surface area contributed by atoms with Gasteiger partial charge in [0, 0.05) is 11.6 Å². The molecule has 3 atom stereocenters. The first kappa shape index (κ1) is 11.1. The van der Waals surface area contributed by atoms with Crippen LogP contribution in [0.1, 0.15) is 31.4 Å². The fraction of sp³-hybridized carbons (Fsp3) is 0.571. The van der Waals surface area contributed by atoms with Crippen LogP contribution in [-0.4, -0.2) is 35.2 Å². The summed E-state index contributed by atoms with van der Waals surface area (Å²) in [6, 6.07) is 8.48. The minimum Gasteiger partial charge on any atom is -0.491 e. The van der Waals surface area contributed by atoms with Crippen molar-refractivity contribution in [3.63, 3.8) is 0 Å². The first-order valence-electron chi connectivity index (χ1n) is 6.43. The van der Waals surface area contributed by atoms with E-state index in [9.17, 15) is 5.11 Å². The third-order valence-corrected chi connectivity index (χ3v) is 4.04. The van der Waals surface area contributed by atoms with Gasteiger partial charge in [0.2, 0.25) is 0 Å². The summed E-state index contributed by atoms with van der Waals surface area (Å²) in [5.41, 5.74) is 0.933. The van der Waals surface area contributed by atoms with E-state index in [0.29, 0.717) is 12.6 Å². The molecule has 3 heteroatoms. The van der Waals surface area contributed by atoms with E-state index < -0.39 is 6.10 Å². The van der Waals surface area contributed by atoms with Crippen LogP contribution >= 0.6 is 0 Å². The van der Waals surface area contributed by atoms with Gasteiger partial charge in [-0.2, -0.15) is 0 Å². The molecule has 3 nitrogen and oxygen atoms in total. The van der Waals surface area contributed by atoms with Gasteiger partial charge in [0.05, 0.1) is 6.04 Å². The number of likely N-dealkylation sites (tertiary alicyclic amines) is 1. The number of fused-ring (bicyclic) bond motifs is 1. The summed E-state index contributed by atoms with van der Waals surface area (Å²) < 4.78 is 5.77. The van der Waals surface area contributed by atoms with Crippen LogP contribution in [0.4, 0.5) is 0 Å². The highest BCUT2D eigenvalue weighted by molar-refractivity contribution is 5.37. The van der Waals surface area contributed by atoms with Crippen LogP contribution in [-0.2, 0) is 0 Å². The maximum absolute atomic E-state index is 10.5. The molecule has 0 radical (unpaired) electrons. The maximum Gasteiger partial charge on any atom is 0.125 e. The molecule has 0 aromatic heterocycles. The molecule has 2 aliphatic heterocycles. The molecular formula is C14H19NO2. The topological polar surface area (TPSA) is 32.7 Å². The van der Waals surface area contributed by atoms with Crippen molar-refractivity contribution in [2.75, 3.05) is 13.2 Å². The highest BCUT2D eigenvalue weighted by atomic mass is 16.5. The number of para-hydroxylation sites is 1. The van der Waals surface area contributed by atoms with Gasteiger partial charge in [-0.15, -0.1) is 0 Å². The minimum absolute atomic E-state index is 0.113. The molecule has 1 N–H and O–H groups in total. The predicted molar refractivity (Wildman–Crippen MR) is 66.1 cm³/mol. The lowest BCUT2D eigenvalue weighted by molar-refractivity contribution is 0.000320. The van der Waals surface area contributed by atoms with Crippen LogP contribution in [0, 0.1) is 0 Å². The second-order valence-corrected chi connectivity index (χ2v) is 5.09. The van der Waals surface area contributed by atoms with Crippen LogP contribution in [0.25, 0.3) is 0 Å². The van der Waals surface area contributed by atoms with Crippen LogP contribution in [0.3, 0.4) is 0 Å². The number of aliphatic hydroxyl groups is 1. The Labute approximate surface area is 102 Å². The monoisotopic (exact) mass is 233 g/mol. The maximum atomic E-state index is 10.5. The average molecular weight is 233 g/mol. The fourth-order valence-electron chi connectivity index (χ4n) is 3.06. The van der Waals surface area contributed by atoms with Crippen LogP contribution < -0.4 is 4.74 Å². The number of rotatable bonds is 1. The van der Waals surface area contributed by atoms with Gasteiger partial charge >= 0.3 is 0 Å². The quantitative estimate of drug-likeness (QED) is 0.805. The number of ether oxygens (including phenoxy) is 1. The molecule has 3 unspecified atom stereocenters. The standard InChI is InChI=1S/C14H19NO2/c1-10-5-4-8-15(10)12-9-17-13-7-3-2-6-11(13)14(12)16/h2-3,6-7,10,12,14,16H,4-5,8-9H2,1H3. The molecule has 0 saturated carbocycles. The van der Waals surface area contributed by atoms with Crippen molar-refractivity contribution in [1.29, 1.82) is 0 Å². The van der Waals surface area contributed by atoms with E-state index in [1.54, 1.807) is 0 Å². The van der Waals surface area contributed by atoms with E-state index in [1.807, 2.05) is 24.3 Å². The number of nitrogens with zero attached hydrogens (tertiary/aromatic N) is 1. The molecule has 1 fully saturated rings. The number of benzene rings is 1. The van der Waals surface area contributed by atoms with Gasteiger partial charge in [-0.25, -0.2) is 0 Å². The summed E-state index contributed by atoms with van der Waals surface area (Å²) in [6.07, 6.45) is 2.04. The zero-order chi connectivity index (χ0) is 11.8. The Kier molecular flexibility index (Phi) is 2.81. The van der Waals surface area contributed by atoms with Crippen molar-refractivity contribution in [3.8, 4) is 5.75 Å². The summed E-state index contributed by atoms with van der Waals surface area (Å²) >= 11 is 0. The van der Waals surface area contributed by atoms with Gasteiger partial charge < -0.3 is 9.84 Å². The molecule has 17 heavy (non-hydrogen) atoms. The predicted octanol–water partition coefficient (Wildman–Crippen LogP) is 1.97. The van der Waals surface area contributed by atoms with Crippen molar-refractivity contribution < 1.29 is 9.84 Å². The Morgan fingerprint density at radius 3 is 2.94 bits per heavy atom. The summed E-state index contributed by atoms with van der Waals surface area (Å²) in [5.74, 6) is 0.836. The first-order valence-corrected chi connectivity index (χ1v) is 6.43. The molecule has 0 amide bonds. The Morgan fingerprint density at radius 1 is 1.35 bits per heavy atom. The zero-order valence-corrected chi connectivity index (χ0v) is 10.2. The van der Waals surface area contributed by atoms with Crippen LogP contribution in [0.5, 0.6) is 5.75 Å². The molecule has 3 rings (SSSR count). The SMILES string of the molecule is CC1CCCN1C1COc2ccccc2C1O. The second kappa shape index (κ2) is 4.31. The van der Waals surface area contributed by atoms with Gasteiger partial charge in [-0.1, -0.05) is 18.2 Å². The fourth-order valence-corrected chi connectivity index (χ4v) is 3.06. The van der Waals surface area contributed by atoms with Crippen molar-refractivity contribution in [2.24, 2.45) is 0 Å². The molecule has 0 aliphatic carbocycles. The third-order valence-electron chi connectivity index (χ3n) is 4.04. The van der Waals surface area contributed by atoms with E-state index in [0.717, 1.165) is 17.9 Å². The Balaban J connectivity index is 1.86. The van der Waals surface area contributed by atoms with E-state index in [4.69, 9.17) is 4.74 Å². The summed E-state index contributed by atoms with van der Waals surface area (Å²) in [7, 11) is 0. The highest BCUT2D eigenvalue weighted by Crippen LogP contribution is 2.36. The Bertz CT molecular complexity index is 407. The summed E-state index contributed by atoms with van der Waals surface area (Å²) in [5, 5.41) is 10.5. The van der Waals surface area contributed by atoms with E-state index in [-0.39, 0.29) is 6.04 Å². The lowest BCUT2D eigenvalue weighted by Gasteiger charge is -2.38. The molecule has 0 spiro atoms. The van der Waals surface area contributed by atoms with E-state index in [2.05, 4.69) is 11.8 Å². The van der Waals surface area contributed by atoms with E-state index in [1.165, 1.54) is 12.8 Å². The molecule has 2 aliphatic rings. The van der Waals surface area contributed by atoms with Crippen LogP contribution in [0.15, 0.2) is 24.3 Å². The van der Waals surface area contributed by atoms with Gasteiger partial charge in [0.15, 0.2) is 0 Å². The zero-order valence-electron chi connectivity index (χ0n) is 10.2. The summed E-state index contributed by atoms with van der Waals surface area (Å²) in [4.78, 5) is 2.39. The average Bonchev–Trinajstić information content (AvgIpc) is 2.76. The summed E-state index contributed by atoms with van der Waals surface area (Å²) in [6.45, 7) is 3.91. The molecule has 2 heterocycles. The Hall–Kier alpha value is -1.06. The molecule has 1 saturated heterocycles. The highest BCUT2D eigenvalue weighted by Gasteiger charge is 2.37. The van der Waals surface area contributed by atoms with E-state index >= 15 is 0 Å². The minimum atomic E-state index is -0.416. The van der Waals surface area contributed by atoms with Gasteiger partial charge in [0.25, 0.3) is 0 Å². The third kappa shape index (κ3) is 1.83. The van der Waals surface area contributed by atoms with Gasteiger partial charge in [-0.3, -0.25) is 4.90 Å².